The number of anilines is 2. The lowest BCUT2D eigenvalue weighted by Crippen LogP contribution is -2.29. The van der Waals surface area contributed by atoms with Crippen LogP contribution in [0.1, 0.15) is 28.1 Å². The van der Waals surface area contributed by atoms with Crippen molar-refractivity contribution in [2.75, 3.05) is 11.1 Å². The number of hydrogen-bond donors (Lipinski definition) is 4. The van der Waals surface area contributed by atoms with Crippen LogP contribution in [0.3, 0.4) is 0 Å². The van der Waals surface area contributed by atoms with E-state index in [9.17, 15) is 4.79 Å². The van der Waals surface area contributed by atoms with Crippen LogP contribution in [0.4, 0.5) is 16.3 Å². The van der Waals surface area contributed by atoms with Gasteiger partial charge in [-0.1, -0.05) is 6.07 Å². The van der Waals surface area contributed by atoms with Gasteiger partial charge in [-0.15, -0.1) is 0 Å². The fraction of sp³-hybridized carbons (Fsp3) is 0.150. The van der Waals surface area contributed by atoms with Gasteiger partial charge in [-0.2, -0.15) is 0 Å². The summed E-state index contributed by atoms with van der Waals surface area (Å²) in [5.74, 6) is 0.300. The van der Waals surface area contributed by atoms with Gasteiger partial charge in [0.1, 0.15) is 5.82 Å². The Balaban J connectivity index is 1.64. The molecule has 0 unspecified atom stereocenters. The Labute approximate surface area is 162 Å². The second-order valence-electron chi connectivity index (χ2n) is 6.35. The number of pyridine rings is 3. The van der Waals surface area contributed by atoms with Crippen molar-refractivity contribution in [1.29, 1.82) is 5.41 Å². The Kier molecular flexibility index (Phi) is 5.59. The summed E-state index contributed by atoms with van der Waals surface area (Å²) in [6, 6.07) is 8.45. The van der Waals surface area contributed by atoms with E-state index in [4.69, 9.17) is 11.1 Å². The van der Waals surface area contributed by atoms with E-state index in [0.717, 1.165) is 17.0 Å². The molecule has 0 fully saturated rings. The Hall–Kier alpha value is -3.81. The highest BCUT2D eigenvalue weighted by molar-refractivity contribution is 6.13. The number of rotatable bonds is 5. The third-order valence-corrected chi connectivity index (χ3v) is 4.03. The second kappa shape index (κ2) is 8.26. The summed E-state index contributed by atoms with van der Waals surface area (Å²) in [7, 11) is 0. The topological polar surface area (TPSA) is 130 Å². The molecule has 0 saturated heterocycles. The molecule has 5 N–H and O–H groups in total. The van der Waals surface area contributed by atoms with Crippen LogP contribution in [0.5, 0.6) is 0 Å². The van der Waals surface area contributed by atoms with Crippen LogP contribution >= 0.6 is 0 Å². The molecule has 3 heterocycles. The zero-order valence-corrected chi connectivity index (χ0v) is 15.7. The predicted octanol–water partition coefficient (Wildman–Crippen LogP) is 2.81. The number of urea groups is 1. The minimum atomic E-state index is -0.415. The van der Waals surface area contributed by atoms with Crippen LogP contribution in [0.15, 0.2) is 48.9 Å². The predicted molar refractivity (Wildman–Crippen MR) is 108 cm³/mol. The van der Waals surface area contributed by atoms with Crippen LogP contribution in [0, 0.1) is 19.3 Å². The van der Waals surface area contributed by atoms with Gasteiger partial charge in [-0.05, 0) is 37.6 Å². The monoisotopic (exact) mass is 375 g/mol. The minimum absolute atomic E-state index is 0.247. The van der Waals surface area contributed by atoms with Crippen LogP contribution in [-0.2, 0) is 6.54 Å². The molecule has 2 amide bonds. The molecule has 8 heteroatoms. The standard InChI is InChI=1S/C20H21N7O/c1-12-3-4-15(24-9-12)10-26-20(28)27-18-8-17(21)16(11-25-18)19(22)14-5-6-23-13(2)7-14/h3-9,11,22H,10H2,1-2H3,(H4,21,25,26,27,28). The van der Waals surface area contributed by atoms with Crippen molar-refractivity contribution in [1.82, 2.24) is 20.3 Å². The number of nitrogens with zero attached hydrogens (tertiary/aromatic N) is 3. The maximum Gasteiger partial charge on any atom is 0.320 e. The van der Waals surface area contributed by atoms with Gasteiger partial charge in [-0.3, -0.25) is 20.7 Å². The van der Waals surface area contributed by atoms with Gasteiger partial charge >= 0.3 is 6.03 Å². The van der Waals surface area contributed by atoms with E-state index in [1.807, 2.05) is 26.0 Å². The molecule has 0 saturated carbocycles. The Morgan fingerprint density at radius 1 is 1.11 bits per heavy atom. The van der Waals surface area contributed by atoms with Crippen molar-refractivity contribution in [3.8, 4) is 0 Å². The molecule has 142 valence electrons. The van der Waals surface area contributed by atoms with Gasteiger partial charge in [0.15, 0.2) is 0 Å². The summed E-state index contributed by atoms with van der Waals surface area (Å²) in [4.78, 5) is 24.6. The quantitative estimate of drug-likeness (QED) is 0.510. The molecule has 0 atom stereocenters. The number of nitrogens with one attached hydrogen (secondary N) is 3. The molecule has 0 aliphatic heterocycles. The number of nitrogen functional groups attached to an aromatic ring is 1. The highest BCUT2D eigenvalue weighted by Crippen LogP contribution is 2.19. The summed E-state index contributed by atoms with van der Waals surface area (Å²) < 4.78 is 0. The Morgan fingerprint density at radius 2 is 1.93 bits per heavy atom. The van der Waals surface area contributed by atoms with E-state index in [0.29, 0.717) is 29.2 Å². The highest BCUT2D eigenvalue weighted by atomic mass is 16.2. The smallest absolute Gasteiger partial charge is 0.320 e. The van der Waals surface area contributed by atoms with Crippen molar-refractivity contribution in [2.24, 2.45) is 0 Å². The lowest BCUT2D eigenvalue weighted by molar-refractivity contribution is 0.251. The van der Waals surface area contributed by atoms with E-state index in [1.165, 1.54) is 12.3 Å². The molecule has 0 radical (unpaired) electrons. The molecular weight excluding hydrogens is 354 g/mol. The Bertz CT molecular complexity index is 1020. The van der Waals surface area contributed by atoms with Crippen molar-refractivity contribution >= 4 is 23.2 Å². The number of hydrogen-bond acceptors (Lipinski definition) is 6. The summed E-state index contributed by atoms with van der Waals surface area (Å²) in [5, 5.41) is 13.7. The molecule has 0 bridgehead atoms. The molecule has 3 rings (SSSR count). The van der Waals surface area contributed by atoms with Crippen molar-refractivity contribution in [3.63, 3.8) is 0 Å². The lowest BCUT2D eigenvalue weighted by atomic mass is 10.0. The lowest BCUT2D eigenvalue weighted by Gasteiger charge is -2.11. The highest BCUT2D eigenvalue weighted by Gasteiger charge is 2.12. The molecule has 0 aliphatic rings. The molecular formula is C20H21N7O. The van der Waals surface area contributed by atoms with Crippen LogP contribution in [-0.4, -0.2) is 26.7 Å². The molecule has 3 aromatic heterocycles. The van der Waals surface area contributed by atoms with E-state index < -0.39 is 6.03 Å². The van der Waals surface area contributed by atoms with Gasteiger partial charge in [0.05, 0.1) is 18.0 Å². The Morgan fingerprint density at radius 3 is 2.61 bits per heavy atom. The third-order valence-electron chi connectivity index (χ3n) is 4.03. The van der Waals surface area contributed by atoms with Crippen LogP contribution < -0.4 is 16.4 Å². The van der Waals surface area contributed by atoms with Gasteiger partial charge in [0.25, 0.3) is 0 Å². The van der Waals surface area contributed by atoms with E-state index in [1.54, 1.807) is 24.5 Å². The summed E-state index contributed by atoms with van der Waals surface area (Å²) in [6.07, 6.45) is 4.87. The van der Waals surface area contributed by atoms with Crippen LogP contribution in [0.2, 0.25) is 0 Å². The molecule has 3 aromatic rings. The van der Waals surface area contributed by atoms with Gasteiger partial charge in [0, 0.05) is 47.2 Å². The zero-order valence-electron chi connectivity index (χ0n) is 15.7. The van der Waals surface area contributed by atoms with Gasteiger partial charge < -0.3 is 11.1 Å². The number of carbonyl (C=O) groups excluding carboxylic acids is 1. The first-order valence-corrected chi connectivity index (χ1v) is 8.66. The number of aromatic nitrogens is 3. The second-order valence-corrected chi connectivity index (χ2v) is 6.35. The molecule has 8 nitrogen and oxygen atoms in total. The maximum absolute atomic E-state index is 12.1. The SMILES string of the molecule is Cc1ccc(CNC(=O)Nc2cc(N)c(C(=N)c3ccnc(C)c3)cn2)nc1. The largest absolute Gasteiger partial charge is 0.398 e. The van der Waals surface area contributed by atoms with Gasteiger partial charge in [0.2, 0.25) is 0 Å². The van der Waals surface area contributed by atoms with E-state index >= 15 is 0 Å². The molecule has 28 heavy (non-hydrogen) atoms. The summed E-state index contributed by atoms with van der Waals surface area (Å²) >= 11 is 0. The van der Waals surface area contributed by atoms with Crippen molar-refractivity contribution in [3.05, 3.63) is 77.0 Å². The normalized spacial score (nSPS) is 10.4. The van der Waals surface area contributed by atoms with Crippen molar-refractivity contribution in [2.45, 2.75) is 20.4 Å². The number of nitrogens with two attached hydrogens (primary N) is 1. The first-order valence-electron chi connectivity index (χ1n) is 8.66. The average Bonchev–Trinajstić information content (AvgIpc) is 2.67. The molecule has 0 aromatic carbocycles. The van der Waals surface area contributed by atoms with Crippen LogP contribution in [0.25, 0.3) is 0 Å². The summed E-state index contributed by atoms with van der Waals surface area (Å²) in [5.41, 5.74) is 10.5. The molecule has 0 aliphatic carbocycles. The fourth-order valence-corrected chi connectivity index (χ4v) is 2.54. The van der Waals surface area contributed by atoms with Gasteiger partial charge in [-0.25, -0.2) is 9.78 Å². The first kappa shape index (κ1) is 19.0. The average molecular weight is 375 g/mol. The molecule has 0 spiro atoms. The van der Waals surface area contributed by atoms with Crippen molar-refractivity contribution < 1.29 is 4.79 Å². The number of carbonyl (C=O) groups is 1. The number of aryl methyl sites for hydroxylation is 2. The fourth-order valence-electron chi connectivity index (χ4n) is 2.54. The first-order chi connectivity index (χ1) is 13.4. The summed E-state index contributed by atoms with van der Waals surface area (Å²) in [6.45, 7) is 4.11. The maximum atomic E-state index is 12.1. The van der Waals surface area contributed by atoms with E-state index in [-0.39, 0.29) is 5.71 Å². The van der Waals surface area contributed by atoms with E-state index in [2.05, 4.69) is 25.6 Å². The number of amides is 2. The minimum Gasteiger partial charge on any atom is -0.398 e. The zero-order chi connectivity index (χ0) is 20.1. The third kappa shape index (κ3) is 4.67.